The molecule has 0 radical (unpaired) electrons. The number of carbonyl (C=O) groups is 1. The molecule has 0 atom stereocenters. The zero-order chi connectivity index (χ0) is 16.4. The first-order valence-corrected chi connectivity index (χ1v) is 8.36. The highest BCUT2D eigenvalue weighted by molar-refractivity contribution is 6.03. The lowest BCUT2D eigenvalue weighted by Gasteiger charge is -2.25. The monoisotopic (exact) mass is 315 g/mol. The minimum atomic E-state index is -0.503. The maximum atomic E-state index is 12.3. The summed E-state index contributed by atoms with van der Waals surface area (Å²) in [6.07, 6.45) is 4.48. The normalized spacial score (nSPS) is 17.5. The maximum Gasteiger partial charge on any atom is 0.417 e. The highest BCUT2D eigenvalue weighted by Crippen LogP contribution is 2.24. The molecule has 124 valence electrons. The third kappa shape index (κ3) is 3.84. The van der Waals surface area contributed by atoms with Crippen molar-refractivity contribution in [2.24, 2.45) is 4.99 Å². The summed E-state index contributed by atoms with van der Waals surface area (Å²) in [5, 5.41) is 3.28. The van der Waals surface area contributed by atoms with Gasteiger partial charge in [0.2, 0.25) is 5.96 Å². The average Bonchev–Trinajstić information content (AvgIpc) is 2.93. The molecule has 0 aromatic heterocycles. The van der Waals surface area contributed by atoms with E-state index in [0.717, 1.165) is 12.1 Å². The molecule has 1 aliphatic heterocycles. The number of fused-ring (bicyclic) bond motifs is 1. The first-order chi connectivity index (χ1) is 10.9. The highest BCUT2D eigenvalue weighted by atomic mass is 16.6. The Hall–Kier alpha value is -2.04. The first kappa shape index (κ1) is 15.8. The van der Waals surface area contributed by atoms with Crippen LogP contribution in [0.4, 0.5) is 10.5 Å². The summed E-state index contributed by atoms with van der Waals surface area (Å²) in [7, 11) is 0. The predicted molar refractivity (Wildman–Crippen MR) is 91.9 cm³/mol. The van der Waals surface area contributed by atoms with Crippen molar-refractivity contribution in [3.05, 3.63) is 29.3 Å². The SMILES string of the molecule is CC(C)(C)OC(=O)N1CCN=C1Nc1ccc2c(c1)CCCC2. The van der Waals surface area contributed by atoms with Crippen molar-refractivity contribution < 1.29 is 9.53 Å². The third-order valence-electron chi connectivity index (χ3n) is 4.06. The molecule has 3 rings (SSSR count). The summed E-state index contributed by atoms with van der Waals surface area (Å²) in [4.78, 5) is 18.3. The fourth-order valence-corrected chi connectivity index (χ4v) is 2.99. The molecule has 1 heterocycles. The molecule has 0 saturated carbocycles. The minimum Gasteiger partial charge on any atom is -0.443 e. The summed E-state index contributed by atoms with van der Waals surface area (Å²) in [6.45, 7) is 6.77. The van der Waals surface area contributed by atoms with E-state index in [0.29, 0.717) is 19.0 Å². The first-order valence-electron chi connectivity index (χ1n) is 8.36. The van der Waals surface area contributed by atoms with Crippen LogP contribution in [0.1, 0.15) is 44.7 Å². The van der Waals surface area contributed by atoms with Gasteiger partial charge in [-0.1, -0.05) is 6.07 Å². The van der Waals surface area contributed by atoms with Crippen LogP contribution in [0, 0.1) is 0 Å². The topological polar surface area (TPSA) is 53.9 Å². The number of aliphatic imine (C=N–C) groups is 1. The number of guanidine groups is 1. The van der Waals surface area contributed by atoms with Crippen molar-refractivity contribution in [3.8, 4) is 0 Å². The van der Waals surface area contributed by atoms with E-state index in [-0.39, 0.29) is 6.09 Å². The Bertz CT molecular complexity index is 632. The largest absolute Gasteiger partial charge is 0.443 e. The zero-order valence-corrected chi connectivity index (χ0v) is 14.2. The molecule has 0 bridgehead atoms. The van der Waals surface area contributed by atoms with Crippen LogP contribution in [0.5, 0.6) is 0 Å². The van der Waals surface area contributed by atoms with E-state index in [2.05, 4.69) is 28.5 Å². The maximum absolute atomic E-state index is 12.3. The van der Waals surface area contributed by atoms with Crippen LogP contribution in [0.25, 0.3) is 0 Å². The van der Waals surface area contributed by atoms with Gasteiger partial charge in [0.05, 0.1) is 13.1 Å². The number of benzene rings is 1. The Morgan fingerprint density at radius 2 is 1.96 bits per heavy atom. The molecule has 1 aliphatic carbocycles. The van der Waals surface area contributed by atoms with E-state index < -0.39 is 5.60 Å². The number of amides is 1. The van der Waals surface area contributed by atoms with Crippen LogP contribution in [-0.4, -0.2) is 35.6 Å². The summed E-state index contributed by atoms with van der Waals surface area (Å²) in [6, 6.07) is 6.44. The van der Waals surface area contributed by atoms with Gasteiger partial charge >= 0.3 is 6.09 Å². The van der Waals surface area contributed by atoms with Crippen molar-refractivity contribution in [2.45, 2.75) is 52.1 Å². The van der Waals surface area contributed by atoms with Gasteiger partial charge in [0.15, 0.2) is 0 Å². The molecule has 5 nitrogen and oxygen atoms in total. The van der Waals surface area contributed by atoms with E-state index in [1.54, 1.807) is 4.90 Å². The molecule has 2 aliphatic rings. The summed E-state index contributed by atoms with van der Waals surface area (Å²) in [5.74, 6) is 0.579. The molecule has 0 spiro atoms. The lowest BCUT2D eigenvalue weighted by Crippen LogP contribution is -2.41. The lowest BCUT2D eigenvalue weighted by atomic mass is 9.91. The van der Waals surface area contributed by atoms with Gasteiger partial charge in [0.25, 0.3) is 0 Å². The Morgan fingerprint density at radius 1 is 1.22 bits per heavy atom. The zero-order valence-electron chi connectivity index (χ0n) is 14.2. The van der Waals surface area contributed by atoms with E-state index in [1.165, 1.54) is 30.4 Å². The summed E-state index contributed by atoms with van der Waals surface area (Å²) < 4.78 is 5.45. The molecule has 0 unspecified atom stereocenters. The van der Waals surface area contributed by atoms with Gasteiger partial charge in [-0.05, 0) is 69.7 Å². The van der Waals surface area contributed by atoms with Gasteiger partial charge in [-0.15, -0.1) is 0 Å². The second kappa shape index (κ2) is 6.22. The molecule has 1 amide bonds. The van der Waals surface area contributed by atoms with Crippen LogP contribution < -0.4 is 5.32 Å². The molecule has 5 heteroatoms. The Kier molecular flexibility index (Phi) is 4.28. The lowest BCUT2D eigenvalue weighted by molar-refractivity contribution is 0.0384. The van der Waals surface area contributed by atoms with Gasteiger partial charge in [-0.25, -0.2) is 9.69 Å². The van der Waals surface area contributed by atoms with E-state index in [9.17, 15) is 4.79 Å². The van der Waals surface area contributed by atoms with Crippen molar-refractivity contribution in [2.75, 3.05) is 18.4 Å². The standard InChI is InChI=1S/C18H25N3O2/c1-18(2,3)23-17(22)21-11-10-19-16(21)20-15-9-8-13-6-4-5-7-14(13)12-15/h8-9,12H,4-7,10-11H2,1-3H3,(H,19,20). The van der Waals surface area contributed by atoms with Gasteiger partial charge in [0.1, 0.15) is 5.60 Å². The van der Waals surface area contributed by atoms with Crippen LogP contribution in [0.15, 0.2) is 23.2 Å². The number of aryl methyl sites for hydroxylation is 2. The molecule has 1 aromatic carbocycles. The molecular formula is C18H25N3O2. The fourth-order valence-electron chi connectivity index (χ4n) is 2.99. The number of hydrogen-bond acceptors (Lipinski definition) is 4. The van der Waals surface area contributed by atoms with Crippen molar-refractivity contribution in [3.63, 3.8) is 0 Å². The van der Waals surface area contributed by atoms with Crippen LogP contribution in [-0.2, 0) is 17.6 Å². The van der Waals surface area contributed by atoms with Crippen LogP contribution in [0.3, 0.4) is 0 Å². The molecule has 0 saturated heterocycles. The third-order valence-corrected chi connectivity index (χ3v) is 4.06. The second-order valence-corrected chi connectivity index (χ2v) is 7.15. The van der Waals surface area contributed by atoms with E-state index >= 15 is 0 Å². The number of carbonyl (C=O) groups excluding carboxylic acids is 1. The van der Waals surface area contributed by atoms with Crippen LogP contribution >= 0.6 is 0 Å². The van der Waals surface area contributed by atoms with E-state index in [4.69, 9.17) is 4.74 Å². The van der Waals surface area contributed by atoms with Crippen molar-refractivity contribution in [1.29, 1.82) is 0 Å². The van der Waals surface area contributed by atoms with Crippen molar-refractivity contribution >= 4 is 17.7 Å². The number of nitrogens with zero attached hydrogens (tertiary/aromatic N) is 2. The van der Waals surface area contributed by atoms with Gasteiger partial charge < -0.3 is 10.1 Å². The van der Waals surface area contributed by atoms with Gasteiger partial charge in [-0.2, -0.15) is 0 Å². The second-order valence-electron chi connectivity index (χ2n) is 7.15. The number of anilines is 1. The smallest absolute Gasteiger partial charge is 0.417 e. The molecule has 1 N–H and O–H groups in total. The summed E-state index contributed by atoms with van der Waals surface area (Å²) >= 11 is 0. The molecular weight excluding hydrogens is 290 g/mol. The highest BCUT2D eigenvalue weighted by Gasteiger charge is 2.28. The number of rotatable bonds is 1. The average molecular weight is 315 g/mol. The number of ether oxygens (including phenoxy) is 1. The van der Waals surface area contributed by atoms with Gasteiger partial charge in [0, 0.05) is 5.69 Å². The molecule has 0 fully saturated rings. The predicted octanol–water partition coefficient (Wildman–Crippen LogP) is 3.58. The van der Waals surface area contributed by atoms with Crippen LogP contribution in [0.2, 0.25) is 0 Å². The quantitative estimate of drug-likeness (QED) is 0.861. The summed E-state index contributed by atoms with van der Waals surface area (Å²) in [5.41, 5.74) is 3.33. The Labute approximate surface area is 137 Å². The molecule has 1 aromatic rings. The number of nitrogens with one attached hydrogen (secondary N) is 1. The Balaban J connectivity index is 1.70. The number of hydrogen-bond donors (Lipinski definition) is 1. The fraction of sp³-hybridized carbons (Fsp3) is 0.556. The van der Waals surface area contributed by atoms with Crippen molar-refractivity contribution in [1.82, 2.24) is 4.90 Å². The minimum absolute atomic E-state index is 0.348. The van der Waals surface area contributed by atoms with Gasteiger partial charge in [-0.3, -0.25) is 4.99 Å². The van der Waals surface area contributed by atoms with E-state index in [1.807, 2.05) is 20.8 Å². The molecule has 23 heavy (non-hydrogen) atoms. The Morgan fingerprint density at radius 3 is 2.70 bits per heavy atom.